The van der Waals surface area contributed by atoms with Crippen LogP contribution in [0.2, 0.25) is 0 Å². The van der Waals surface area contributed by atoms with Gasteiger partial charge in [-0.3, -0.25) is 4.79 Å². The summed E-state index contributed by atoms with van der Waals surface area (Å²) in [7, 11) is 0. The molecule has 2 aromatic rings. The summed E-state index contributed by atoms with van der Waals surface area (Å²) in [5.41, 5.74) is 0.554. The van der Waals surface area contributed by atoms with E-state index in [1.54, 1.807) is 24.3 Å². The van der Waals surface area contributed by atoms with E-state index in [4.69, 9.17) is 0 Å². The average Bonchev–Trinajstić information content (AvgIpc) is 2.27. The standard InChI is InChI=1S/C12H7Br3N2O/c13-8-4-7(5-9(14)6-8)12(18)17-11-3-1-2-10(15)16-11/h1-6H,(H,16,17,18). The molecule has 6 heteroatoms. The first-order chi connectivity index (χ1) is 8.54. The van der Waals surface area contributed by atoms with Gasteiger partial charge >= 0.3 is 0 Å². The number of carbonyl (C=O) groups excluding carboxylic acids is 1. The quantitative estimate of drug-likeness (QED) is 0.701. The molecule has 0 bridgehead atoms. The van der Waals surface area contributed by atoms with Crippen LogP contribution in [0, 0.1) is 0 Å². The number of pyridine rings is 1. The second kappa shape index (κ2) is 5.95. The van der Waals surface area contributed by atoms with E-state index < -0.39 is 0 Å². The summed E-state index contributed by atoms with van der Waals surface area (Å²) in [5, 5.41) is 2.73. The fourth-order valence-corrected chi connectivity index (χ4v) is 2.99. The van der Waals surface area contributed by atoms with Gasteiger partial charge in [0, 0.05) is 14.5 Å². The van der Waals surface area contributed by atoms with E-state index in [0.717, 1.165) is 8.95 Å². The number of nitrogens with one attached hydrogen (secondary N) is 1. The van der Waals surface area contributed by atoms with Gasteiger partial charge in [0.15, 0.2) is 0 Å². The Hall–Kier alpha value is -0.720. The summed E-state index contributed by atoms with van der Waals surface area (Å²) in [6.07, 6.45) is 0. The molecule has 0 aliphatic heterocycles. The number of hydrogen-bond acceptors (Lipinski definition) is 2. The zero-order valence-corrected chi connectivity index (χ0v) is 13.7. The largest absolute Gasteiger partial charge is 0.307 e. The lowest BCUT2D eigenvalue weighted by atomic mass is 10.2. The molecule has 0 unspecified atom stereocenters. The van der Waals surface area contributed by atoms with Crippen molar-refractivity contribution in [3.05, 3.63) is 55.5 Å². The molecular weight excluding hydrogens is 428 g/mol. The van der Waals surface area contributed by atoms with E-state index in [9.17, 15) is 4.79 Å². The number of hydrogen-bond donors (Lipinski definition) is 1. The van der Waals surface area contributed by atoms with E-state index in [1.807, 2.05) is 12.1 Å². The first-order valence-electron chi connectivity index (χ1n) is 4.94. The van der Waals surface area contributed by atoms with Crippen LogP contribution in [0.15, 0.2) is 49.9 Å². The molecule has 1 aromatic heterocycles. The van der Waals surface area contributed by atoms with Crippen molar-refractivity contribution >= 4 is 59.5 Å². The summed E-state index contributed by atoms with van der Waals surface area (Å²) in [4.78, 5) is 16.2. The van der Waals surface area contributed by atoms with Crippen LogP contribution in [0.5, 0.6) is 0 Å². The maximum Gasteiger partial charge on any atom is 0.256 e. The van der Waals surface area contributed by atoms with Crippen LogP contribution in [0.1, 0.15) is 10.4 Å². The zero-order chi connectivity index (χ0) is 13.1. The van der Waals surface area contributed by atoms with Gasteiger partial charge in [0.25, 0.3) is 5.91 Å². The highest BCUT2D eigenvalue weighted by molar-refractivity contribution is 9.11. The number of benzene rings is 1. The van der Waals surface area contributed by atoms with E-state index in [2.05, 4.69) is 58.1 Å². The highest BCUT2D eigenvalue weighted by Gasteiger charge is 2.08. The van der Waals surface area contributed by atoms with Crippen molar-refractivity contribution < 1.29 is 4.79 Å². The maximum absolute atomic E-state index is 12.0. The van der Waals surface area contributed by atoms with Crippen molar-refractivity contribution in [3.63, 3.8) is 0 Å². The van der Waals surface area contributed by atoms with E-state index in [-0.39, 0.29) is 5.91 Å². The van der Waals surface area contributed by atoms with E-state index >= 15 is 0 Å². The summed E-state index contributed by atoms with van der Waals surface area (Å²) < 4.78 is 2.35. The van der Waals surface area contributed by atoms with Crippen molar-refractivity contribution in [2.75, 3.05) is 5.32 Å². The molecule has 0 saturated heterocycles. The Morgan fingerprint density at radius 2 is 1.72 bits per heavy atom. The van der Waals surface area contributed by atoms with Crippen LogP contribution < -0.4 is 5.32 Å². The summed E-state index contributed by atoms with van der Waals surface area (Å²) in [6.45, 7) is 0. The number of anilines is 1. The molecule has 0 spiro atoms. The Kier molecular flexibility index (Phi) is 4.53. The molecule has 0 fully saturated rings. The third kappa shape index (κ3) is 3.63. The smallest absolute Gasteiger partial charge is 0.256 e. The van der Waals surface area contributed by atoms with Crippen LogP contribution in [0.3, 0.4) is 0 Å². The van der Waals surface area contributed by atoms with Crippen molar-refractivity contribution in [2.45, 2.75) is 0 Å². The van der Waals surface area contributed by atoms with Crippen LogP contribution in [0.4, 0.5) is 5.82 Å². The summed E-state index contributed by atoms with van der Waals surface area (Å²) in [6, 6.07) is 10.7. The lowest BCUT2D eigenvalue weighted by Crippen LogP contribution is -2.13. The molecule has 0 atom stereocenters. The minimum absolute atomic E-state index is 0.206. The van der Waals surface area contributed by atoms with Crippen LogP contribution in [-0.4, -0.2) is 10.9 Å². The minimum atomic E-state index is -0.206. The molecule has 0 radical (unpaired) electrons. The molecule has 1 heterocycles. The van der Waals surface area contributed by atoms with Crippen LogP contribution >= 0.6 is 47.8 Å². The molecule has 1 amide bonds. The monoisotopic (exact) mass is 432 g/mol. The number of aromatic nitrogens is 1. The van der Waals surface area contributed by atoms with Gasteiger partial charge in [-0.05, 0) is 46.3 Å². The topological polar surface area (TPSA) is 42.0 Å². The first-order valence-corrected chi connectivity index (χ1v) is 7.32. The molecule has 0 aliphatic carbocycles. The SMILES string of the molecule is O=C(Nc1cccc(Br)n1)c1cc(Br)cc(Br)c1. The van der Waals surface area contributed by atoms with Crippen molar-refractivity contribution in [1.29, 1.82) is 0 Å². The van der Waals surface area contributed by atoms with Gasteiger partial charge in [0.05, 0.1) is 0 Å². The number of carbonyl (C=O) groups is 1. The number of nitrogens with zero attached hydrogens (tertiary/aromatic N) is 1. The average molecular weight is 435 g/mol. The second-order valence-electron chi connectivity index (χ2n) is 3.46. The van der Waals surface area contributed by atoms with Gasteiger partial charge in [-0.25, -0.2) is 4.98 Å². The molecule has 3 nitrogen and oxygen atoms in total. The molecule has 1 aromatic carbocycles. The fourth-order valence-electron chi connectivity index (χ4n) is 1.35. The Balaban J connectivity index is 2.22. The van der Waals surface area contributed by atoms with Crippen molar-refractivity contribution in [3.8, 4) is 0 Å². The Labute approximate surface area is 129 Å². The molecule has 0 saturated carbocycles. The van der Waals surface area contributed by atoms with Gasteiger partial charge < -0.3 is 5.32 Å². The number of amides is 1. The summed E-state index contributed by atoms with van der Waals surface area (Å²) >= 11 is 9.94. The van der Waals surface area contributed by atoms with Gasteiger partial charge in [-0.2, -0.15) is 0 Å². The highest BCUT2D eigenvalue weighted by atomic mass is 79.9. The Bertz CT molecular complexity index is 581. The third-order valence-electron chi connectivity index (χ3n) is 2.08. The van der Waals surface area contributed by atoms with Crippen LogP contribution in [-0.2, 0) is 0 Å². The predicted molar refractivity (Wildman–Crippen MR) is 81.7 cm³/mol. The van der Waals surface area contributed by atoms with Gasteiger partial charge in [-0.1, -0.05) is 37.9 Å². The summed E-state index contributed by atoms with van der Waals surface area (Å²) in [5.74, 6) is 0.299. The molecule has 0 aliphatic rings. The van der Waals surface area contributed by atoms with Crippen molar-refractivity contribution in [1.82, 2.24) is 4.98 Å². The number of rotatable bonds is 2. The molecule has 2 rings (SSSR count). The van der Waals surface area contributed by atoms with Gasteiger partial charge in [0.1, 0.15) is 10.4 Å². The normalized spacial score (nSPS) is 10.2. The fraction of sp³-hybridized carbons (Fsp3) is 0. The minimum Gasteiger partial charge on any atom is -0.307 e. The molecule has 18 heavy (non-hydrogen) atoms. The lowest BCUT2D eigenvalue weighted by molar-refractivity contribution is 0.102. The Morgan fingerprint density at radius 1 is 1.06 bits per heavy atom. The van der Waals surface area contributed by atoms with E-state index in [1.165, 1.54) is 0 Å². The van der Waals surface area contributed by atoms with Crippen molar-refractivity contribution in [2.24, 2.45) is 0 Å². The third-order valence-corrected chi connectivity index (χ3v) is 3.44. The van der Waals surface area contributed by atoms with Gasteiger partial charge in [-0.15, -0.1) is 0 Å². The predicted octanol–water partition coefficient (Wildman–Crippen LogP) is 4.62. The highest BCUT2D eigenvalue weighted by Crippen LogP contribution is 2.21. The maximum atomic E-state index is 12.0. The Morgan fingerprint density at radius 3 is 2.33 bits per heavy atom. The molecule has 92 valence electrons. The lowest BCUT2D eigenvalue weighted by Gasteiger charge is -2.05. The second-order valence-corrected chi connectivity index (χ2v) is 6.10. The van der Waals surface area contributed by atoms with Gasteiger partial charge in [0.2, 0.25) is 0 Å². The van der Waals surface area contributed by atoms with E-state index in [0.29, 0.717) is 16.0 Å². The first kappa shape index (κ1) is 13.7. The number of halogens is 3. The zero-order valence-electron chi connectivity index (χ0n) is 8.95. The van der Waals surface area contributed by atoms with Crippen LogP contribution in [0.25, 0.3) is 0 Å². The molecule has 1 N–H and O–H groups in total. The molecular formula is C12H7Br3N2O.